The van der Waals surface area contributed by atoms with Crippen molar-refractivity contribution in [3.05, 3.63) is 24.5 Å². The maximum atomic E-state index is 12.0. The Morgan fingerprint density at radius 3 is 3.08 bits per heavy atom. The summed E-state index contributed by atoms with van der Waals surface area (Å²) in [6, 6.07) is 4.29. The number of methoxy groups -OCH3 is 1. The molecule has 8 nitrogen and oxygen atoms in total. The molecule has 2 aromatic heterocycles. The van der Waals surface area contributed by atoms with Gasteiger partial charge in [-0.1, -0.05) is 0 Å². The molecule has 3 rings (SSSR count). The third-order valence-corrected chi connectivity index (χ3v) is 4.46. The van der Waals surface area contributed by atoms with Crippen LogP contribution in [-0.2, 0) is 9.53 Å². The number of ether oxygens (including phenoxy) is 1. The molecule has 1 aliphatic rings. The van der Waals surface area contributed by atoms with E-state index in [0.717, 1.165) is 37.5 Å². The van der Waals surface area contributed by atoms with Crippen LogP contribution >= 0.6 is 0 Å². The quantitative estimate of drug-likeness (QED) is 0.731. The van der Waals surface area contributed by atoms with Gasteiger partial charge < -0.3 is 15.0 Å². The third kappa shape index (κ3) is 4.46. The molecule has 0 bridgehead atoms. The van der Waals surface area contributed by atoms with E-state index >= 15 is 0 Å². The van der Waals surface area contributed by atoms with E-state index in [1.54, 1.807) is 17.8 Å². The van der Waals surface area contributed by atoms with E-state index in [2.05, 4.69) is 32.1 Å². The monoisotopic (exact) mass is 346 g/mol. The van der Waals surface area contributed by atoms with Crippen LogP contribution in [0.25, 0.3) is 5.65 Å². The van der Waals surface area contributed by atoms with Crippen LogP contribution in [0.3, 0.4) is 0 Å². The van der Waals surface area contributed by atoms with Crippen LogP contribution in [0.1, 0.15) is 13.3 Å². The standard InChI is InChI=1S/C17H26N6O2/c1-14-12-21(13-17(24)19-6-3-11-25-2)9-10-22(14)16-5-4-15-18-7-8-23(15)20-16/h4-5,7-8,14H,3,6,9-13H2,1-2H3,(H,19,24). The molecule has 1 amide bonds. The number of piperazine rings is 1. The molecule has 0 saturated carbocycles. The summed E-state index contributed by atoms with van der Waals surface area (Å²) in [7, 11) is 1.67. The molecule has 0 radical (unpaired) electrons. The number of hydrogen-bond donors (Lipinski definition) is 1. The van der Waals surface area contributed by atoms with Crippen molar-refractivity contribution in [1.82, 2.24) is 24.8 Å². The molecule has 0 aromatic carbocycles. The fraction of sp³-hybridized carbons (Fsp3) is 0.588. The Bertz CT molecular complexity index is 703. The number of fused-ring (bicyclic) bond motifs is 1. The number of anilines is 1. The highest BCUT2D eigenvalue weighted by molar-refractivity contribution is 5.78. The molecule has 1 saturated heterocycles. The number of carbonyl (C=O) groups excluding carboxylic acids is 1. The Kier molecular flexibility index (Phi) is 5.83. The number of amides is 1. The van der Waals surface area contributed by atoms with E-state index in [9.17, 15) is 4.79 Å². The molecule has 0 aliphatic carbocycles. The lowest BCUT2D eigenvalue weighted by molar-refractivity contribution is -0.122. The number of imidazole rings is 1. The van der Waals surface area contributed by atoms with Gasteiger partial charge in [0.15, 0.2) is 5.65 Å². The van der Waals surface area contributed by atoms with Gasteiger partial charge in [0.1, 0.15) is 5.82 Å². The summed E-state index contributed by atoms with van der Waals surface area (Å²) < 4.78 is 6.78. The van der Waals surface area contributed by atoms with Crippen LogP contribution in [-0.4, -0.2) is 77.9 Å². The Hall–Kier alpha value is -2.19. The van der Waals surface area contributed by atoms with Crippen molar-refractivity contribution in [3.63, 3.8) is 0 Å². The van der Waals surface area contributed by atoms with Crippen LogP contribution < -0.4 is 10.2 Å². The fourth-order valence-corrected chi connectivity index (χ4v) is 3.18. The smallest absolute Gasteiger partial charge is 0.234 e. The first-order valence-corrected chi connectivity index (χ1v) is 8.72. The van der Waals surface area contributed by atoms with Gasteiger partial charge >= 0.3 is 0 Å². The Balaban J connectivity index is 1.51. The molecular formula is C17H26N6O2. The molecule has 25 heavy (non-hydrogen) atoms. The van der Waals surface area contributed by atoms with Crippen LogP contribution in [0.2, 0.25) is 0 Å². The van der Waals surface area contributed by atoms with Gasteiger partial charge in [-0.3, -0.25) is 9.69 Å². The zero-order valence-electron chi connectivity index (χ0n) is 14.9. The van der Waals surface area contributed by atoms with Crippen LogP contribution in [0, 0.1) is 0 Å². The summed E-state index contributed by atoms with van der Waals surface area (Å²) in [4.78, 5) is 20.7. The molecule has 0 spiro atoms. The highest BCUT2D eigenvalue weighted by Gasteiger charge is 2.26. The third-order valence-electron chi connectivity index (χ3n) is 4.46. The largest absolute Gasteiger partial charge is 0.385 e. The lowest BCUT2D eigenvalue weighted by atomic mass is 10.2. The predicted octanol–water partition coefficient (Wildman–Crippen LogP) is 0.393. The zero-order chi connectivity index (χ0) is 17.6. The number of rotatable bonds is 7. The molecule has 1 aliphatic heterocycles. The summed E-state index contributed by atoms with van der Waals surface area (Å²) in [5, 5.41) is 7.57. The van der Waals surface area contributed by atoms with Gasteiger partial charge in [-0.2, -0.15) is 0 Å². The Morgan fingerprint density at radius 1 is 1.40 bits per heavy atom. The van der Waals surface area contributed by atoms with Crippen molar-refractivity contribution in [3.8, 4) is 0 Å². The van der Waals surface area contributed by atoms with E-state index in [-0.39, 0.29) is 5.91 Å². The molecule has 1 atom stereocenters. The predicted molar refractivity (Wildman–Crippen MR) is 95.7 cm³/mol. The first-order valence-electron chi connectivity index (χ1n) is 8.72. The normalized spacial score (nSPS) is 18.6. The van der Waals surface area contributed by atoms with Gasteiger partial charge in [0.25, 0.3) is 0 Å². The average Bonchev–Trinajstić information content (AvgIpc) is 3.06. The number of hydrogen-bond acceptors (Lipinski definition) is 6. The molecule has 1 N–H and O–H groups in total. The second-order valence-corrected chi connectivity index (χ2v) is 6.40. The van der Waals surface area contributed by atoms with E-state index in [4.69, 9.17) is 4.74 Å². The lowest BCUT2D eigenvalue weighted by Crippen LogP contribution is -2.54. The summed E-state index contributed by atoms with van der Waals surface area (Å²) in [6.45, 7) is 6.49. The maximum Gasteiger partial charge on any atom is 0.234 e. The van der Waals surface area contributed by atoms with E-state index in [0.29, 0.717) is 25.7 Å². The number of aromatic nitrogens is 3. The van der Waals surface area contributed by atoms with Gasteiger partial charge in [-0.25, -0.2) is 9.50 Å². The van der Waals surface area contributed by atoms with Gasteiger partial charge in [-0.15, -0.1) is 5.10 Å². The molecule has 136 valence electrons. The van der Waals surface area contributed by atoms with E-state index in [1.165, 1.54) is 0 Å². The molecule has 8 heteroatoms. The number of nitrogens with one attached hydrogen (secondary N) is 1. The highest BCUT2D eigenvalue weighted by atomic mass is 16.5. The fourth-order valence-electron chi connectivity index (χ4n) is 3.18. The molecule has 1 unspecified atom stereocenters. The first-order chi connectivity index (χ1) is 12.2. The van der Waals surface area contributed by atoms with Crippen LogP contribution in [0.4, 0.5) is 5.82 Å². The Labute approximate surface area is 147 Å². The molecular weight excluding hydrogens is 320 g/mol. The summed E-state index contributed by atoms with van der Waals surface area (Å²) in [5.74, 6) is 1.02. The van der Waals surface area contributed by atoms with Gasteiger partial charge in [0, 0.05) is 58.3 Å². The van der Waals surface area contributed by atoms with Gasteiger partial charge in [-0.05, 0) is 25.5 Å². The second kappa shape index (κ2) is 8.26. The summed E-state index contributed by atoms with van der Waals surface area (Å²) in [6.07, 6.45) is 4.45. The second-order valence-electron chi connectivity index (χ2n) is 6.40. The topological polar surface area (TPSA) is 75.0 Å². The van der Waals surface area contributed by atoms with Crippen molar-refractivity contribution < 1.29 is 9.53 Å². The minimum Gasteiger partial charge on any atom is -0.385 e. The van der Waals surface area contributed by atoms with Crippen LogP contribution in [0.15, 0.2) is 24.5 Å². The number of carbonyl (C=O) groups is 1. The Morgan fingerprint density at radius 2 is 2.28 bits per heavy atom. The van der Waals surface area contributed by atoms with Gasteiger partial charge in [0.05, 0.1) is 6.54 Å². The minimum atomic E-state index is 0.0784. The van der Waals surface area contributed by atoms with Crippen molar-refractivity contribution in [2.45, 2.75) is 19.4 Å². The average molecular weight is 346 g/mol. The van der Waals surface area contributed by atoms with Crippen molar-refractivity contribution in [2.75, 3.05) is 51.3 Å². The van der Waals surface area contributed by atoms with E-state index in [1.807, 2.05) is 18.3 Å². The number of nitrogens with zero attached hydrogens (tertiary/aromatic N) is 5. The van der Waals surface area contributed by atoms with Gasteiger partial charge in [0.2, 0.25) is 5.91 Å². The minimum absolute atomic E-state index is 0.0784. The molecule has 2 aromatic rings. The highest BCUT2D eigenvalue weighted by Crippen LogP contribution is 2.18. The van der Waals surface area contributed by atoms with E-state index < -0.39 is 0 Å². The van der Waals surface area contributed by atoms with Crippen molar-refractivity contribution >= 4 is 17.4 Å². The molecule has 1 fully saturated rings. The zero-order valence-corrected chi connectivity index (χ0v) is 14.9. The maximum absolute atomic E-state index is 12.0. The lowest BCUT2D eigenvalue weighted by Gasteiger charge is -2.40. The van der Waals surface area contributed by atoms with Crippen molar-refractivity contribution in [1.29, 1.82) is 0 Å². The molecule has 3 heterocycles. The summed E-state index contributed by atoms with van der Waals surface area (Å²) >= 11 is 0. The SMILES string of the molecule is COCCCNC(=O)CN1CCN(c2ccc3nccn3n2)C(C)C1. The van der Waals surface area contributed by atoms with Crippen LogP contribution in [0.5, 0.6) is 0 Å². The van der Waals surface area contributed by atoms with Crippen molar-refractivity contribution in [2.24, 2.45) is 0 Å². The first kappa shape index (κ1) is 17.6. The summed E-state index contributed by atoms with van der Waals surface area (Å²) in [5.41, 5.74) is 0.847.